The summed E-state index contributed by atoms with van der Waals surface area (Å²) >= 11 is 6.17. The third kappa shape index (κ3) is 8.21. The molecule has 1 aliphatic rings. The number of carbonyl (C=O) groups excluding carboxylic acids is 1. The predicted molar refractivity (Wildman–Crippen MR) is 167 cm³/mol. The molecule has 0 aliphatic carbocycles. The molecule has 1 aliphatic heterocycles. The first-order chi connectivity index (χ1) is 19.4. The molecule has 7 heteroatoms. The molecule has 3 aromatic rings. The Balaban J connectivity index is 0.000000722. The number of carbonyl (C=O) groups is 1. The van der Waals surface area contributed by atoms with Crippen molar-refractivity contribution < 1.29 is 14.3 Å². The van der Waals surface area contributed by atoms with Crippen molar-refractivity contribution >= 4 is 23.0 Å². The monoisotopic (exact) mass is 567 g/mol. The van der Waals surface area contributed by atoms with Crippen molar-refractivity contribution in [2.24, 2.45) is 11.7 Å². The summed E-state index contributed by atoms with van der Waals surface area (Å²) in [7, 11) is 3.12. The van der Waals surface area contributed by atoms with Gasteiger partial charge in [-0.3, -0.25) is 4.79 Å². The maximum Gasteiger partial charge on any atom is 0.216 e. The zero-order chi connectivity index (χ0) is 29.7. The Morgan fingerprint density at radius 3 is 2.52 bits per heavy atom. The lowest BCUT2D eigenvalue weighted by atomic mass is 9.82. The number of ketones is 1. The van der Waals surface area contributed by atoms with E-state index in [2.05, 4.69) is 49.7 Å². The number of Topliss-reactive ketones (excluding diaryl/α,β-unsaturated/α-hetero) is 1. The minimum atomic E-state index is -0.249. The van der Waals surface area contributed by atoms with E-state index in [4.69, 9.17) is 21.1 Å². The fourth-order valence-corrected chi connectivity index (χ4v) is 4.97. The second kappa shape index (κ2) is 16.9. The topological polar surface area (TPSA) is 90.2 Å². The molecule has 0 saturated heterocycles. The number of halogens is 1. The van der Waals surface area contributed by atoms with Crippen LogP contribution in [0.4, 0.5) is 0 Å². The number of ether oxygens (including phenoxy) is 2. The number of aromatic amines is 1. The van der Waals surface area contributed by atoms with Crippen LogP contribution < -0.4 is 15.2 Å². The Morgan fingerprint density at radius 1 is 1.20 bits per heavy atom. The molecule has 0 bridgehead atoms. The number of fused-ring (bicyclic) bond motifs is 1. The molecule has 0 radical (unpaired) electrons. The van der Waals surface area contributed by atoms with Crippen LogP contribution in [-0.4, -0.2) is 36.7 Å². The number of unbranched alkanes of at least 4 members (excludes halogenated alkanes) is 2. The maximum atomic E-state index is 13.7. The standard InChI is InChI=1S/C27H29ClN2O3.C5H12.CH5N/c1-5-16(3)23-13-17(24-14-29-30-27(24)32-4)7-9-22(23)21(6-2)26(31)19-11-18-12-20(28)8-10-25(18)33-15-19;1-3-5-4-2;1-2/h6-10,12-14,16,19H,5,11,15H2,1-4H3,(H,29,30);3-5H2,1-2H3;2H2,1H3/b21-6+;;. The quantitative estimate of drug-likeness (QED) is 0.254. The largest absolute Gasteiger partial charge is 0.493 e. The lowest BCUT2D eigenvalue weighted by molar-refractivity contribution is -0.118. The zero-order valence-electron chi connectivity index (χ0n) is 25.1. The molecule has 2 atom stereocenters. The van der Waals surface area contributed by atoms with Gasteiger partial charge >= 0.3 is 0 Å². The molecule has 4 rings (SSSR count). The van der Waals surface area contributed by atoms with Gasteiger partial charge in [0.25, 0.3) is 0 Å². The van der Waals surface area contributed by atoms with E-state index in [1.54, 1.807) is 13.3 Å². The normalized spacial score (nSPS) is 14.9. The Morgan fingerprint density at radius 2 is 1.93 bits per heavy atom. The molecule has 2 heterocycles. The molecule has 0 saturated carbocycles. The van der Waals surface area contributed by atoms with Crippen molar-refractivity contribution in [1.82, 2.24) is 10.2 Å². The van der Waals surface area contributed by atoms with Crippen LogP contribution in [0.1, 0.15) is 82.9 Å². The summed E-state index contributed by atoms with van der Waals surface area (Å²) in [5, 5.41) is 7.64. The summed E-state index contributed by atoms with van der Waals surface area (Å²) in [4.78, 5) is 13.7. The molecular formula is C33H46ClN3O3. The van der Waals surface area contributed by atoms with Crippen molar-refractivity contribution in [2.75, 3.05) is 20.8 Å². The number of benzene rings is 2. The van der Waals surface area contributed by atoms with E-state index in [-0.39, 0.29) is 17.6 Å². The van der Waals surface area contributed by atoms with Gasteiger partial charge in [-0.1, -0.05) is 82.8 Å². The van der Waals surface area contributed by atoms with E-state index in [1.807, 2.05) is 43.3 Å². The number of hydrogen-bond acceptors (Lipinski definition) is 5. The number of allylic oxidation sites excluding steroid dienone is 2. The van der Waals surface area contributed by atoms with Gasteiger partial charge in [-0.2, -0.15) is 5.10 Å². The average molecular weight is 568 g/mol. The Bertz CT molecular complexity index is 1250. The van der Waals surface area contributed by atoms with Gasteiger partial charge in [-0.25, -0.2) is 5.10 Å². The smallest absolute Gasteiger partial charge is 0.216 e. The first kappa shape index (κ1) is 33.1. The van der Waals surface area contributed by atoms with Gasteiger partial charge in [0.1, 0.15) is 5.75 Å². The van der Waals surface area contributed by atoms with Gasteiger partial charge in [0.2, 0.25) is 5.88 Å². The van der Waals surface area contributed by atoms with Crippen LogP contribution in [0.25, 0.3) is 16.7 Å². The van der Waals surface area contributed by atoms with Crippen molar-refractivity contribution in [3.05, 3.63) is 70.4 Å². The van der Waals surface area contributed by atoms with E-state index in [0.717, 1.165) is 45.6 Å². The van der Waals surface area contributed by atoms with Crippen LogP contribution in [0.3, 0.4) is 0 Å². The molecule has 3 N–H and O–H groups in total. The van der Waals surface area contributed by atoms with Crippen molar-refractivity contribution in [1.29, 1.82) is 0 Å². The Kier molecular flexibility index (Phi) is 14.0. The third-order valence-corrected chi connectivity index (χ3v) is 7.40. The van der Waals surface area contributed by atoms with Crippen molar-refractivity contribution in [2.45, 2.75) is 72.6 Å². The molecule has 0 fully saturated rings. The molecule has 218 valence electrons. The summed E-state index contributed by atoms with van der Waals surface area (Å²) in [5.41, 5.74) is 10.2. The number of methoxy groups -OCH3 is 1. The van der Waals surface area contributed by atoms with Gasteiger partial charge < -0.3 is 15.2 Å². The average Bonchev–Trinajstić information content (AvgIpc) is 3.47. The summed E-state index contributed by atoms with van der Waals surface area (Å²) < 4.78 is 11.3. The van der Waals surface area contributed by atoms with Gasteiger partial charge in [-0.15, -0.1) is 0 Å². The number of aromatic nitrogens is 2. The van der Waals surface area contributed by atoms with E-state index in [9.17, 15) is 4.79 Å². The van der Waals surface area contributed by atoms with Gasteiger partial charge in [-0.05, 0) is 73.2 Å². The highest BCUT2D eigenvalue weighted by atomic mass is 35.5. The summed E-state index contributed by atoms with van der Waals surface area (Å²) in [6.45, 7) is 11.1. The highest BCUT2D eigenvalue weighted by Gasteiger charge is 2.30. The van der Waals surface area contributed by atoms with E-state index >= 15 is 0 Å². The highest BCUT2D eigenvalue weighted by molar-refractivity contribution is 6.30. The van der Waals surface area contributed by atoms with Crippen LogP contribution in [-0.2, 0) is 11.2 Å². The van der Waals surface area contributed by atoms with E-state index < -0.39 is 0 Å². The lowest BCUT2D eigenvalue weighted by Gasteiger charge is -2.26. The SMILES string of the molecule is C/C=C(/C(=O)C1COc2ccc(Cl)cc2C1)c1ccc(-c2cn[nH]c2OC)cc1C(C)CC.CCCCC.CN. The first-order valence-corrected chi connectivity index (χ1v) is 14.7. The first-order valence-electron chi connectivity index (χ1n) is 14.3. The highest BCUT2D eigenvalue weighted by Crippen LogP contribution is 2.37. The minimum Gasteiger partial charge on any atom is -0.493 e. The number of hydrogen-bond donors (Lipinski definition) is 2. The number of nitrogens with one attached hydrogen (secondary N) is 1. The second-order valence-corrected chi connectivity index (χ2v) is 10.2. The molecular weight excluding hydrogens is 522 g/mol. The zero-order valence-corrected chi connectivity index (χ0v) is 25.9. The fraction of sp³-hybridized carbons (Fsp3) is 0.455. The molecule has 0 amide bonds. The number of H-pyrrole nitrogens is 1. The predicted octanol–water partition coefficient (Wildman–Crippen LogP) is 8.25. The van der Waals surface area contributed by atoms with Crippen LogP contribution >= 0.6 is 11.6 Å². The van der Waals surface area contributed by atoms with Crippen LogP contribution in [0.15, 0.2) is 48.7 Å². The van der Waals surface area contributed by atoms with Gasteiger partial charge in [0.05, 0.1) is 31.4 Å². The number of rotatable bonds is 9. The van der Waals surface area contributed by atoms with Crippen molar-refractivity contribution in [3.8, 4) is 22.8 Å². The number of nitrogens with two attached hydrogens (primary N) is 1. The fourth-order valence-electron chi connectivity index (χ4n) is 4.77. The molecule has 6 nitrogen and oxygen atoms in total. The van der Waals surface area contributed by atoms with Crippen LogP contribution in [0.5, 0.6) is 11.6 Å². The Labute approximate surface area is 245 Å². The van der Waals surface area contributed by atoms with E-state index in [1.165, 1.54) is 26.3 Å². The summed E-state index contributed by atoms with van der Waals surface area (Å²) in [6.07, 6.45) is 9.34. The summed E-state index contributed by atoms with van der Waals surface area (Å²) in [6, 6.07) is 11.8. The van der Waals surface area contributed by atoms with E-state index in [0.29, 0.717) is 23.9 Å². The van der Waals surface area contributed by atoms with Crippen LogP contribution in [0.2, 0.25) is 5.02 Å². The molecule has 0 spiro atoms. The van der Waals surface area contributed by atoms with Crippen LogP contribution in [0, 0.1) is 5.92 Å². The van der Waals surface area contributed by atoms with Crippen molar-refractivity contribution in [3.63, 3.8) is 0 Å². The lowest BCUT2D eigenvalue weighted by Crippen LogP contribution is -2.29. The molecule has 2 aromatic carbocycles. The molecule has 2 unspecified atom stereocenters. The minimum absolute atomic E-state index is 0.0984. The van der Waals surface area contributed by atoms with Gasteiger partial charge in [0, 0.05) is 10.6 Å². The maximum absolute atomic E-state index is 13.7. The molecule has 1 aromatic heterocycles. The summed E-state index contributed by atoms with van der Waals surface area (Å²) in [5.74, 6) is 1.56. The third-order valence-electron chi connectivity index (χ3n) is 7.17. The second-order valence-electron chi connectivity index (χ2n) is 9.81. The van der Waals surface area contributed by atoms with Gasteiger partial charge in [0.15, 0.2) is 5.78 Å². The Hall–Kier alpha value is -3.09. The molecule has 40 heavy (non-hydrogen) atoms. The number of nitrogens with zero attached hydrogens (tertiary/aromatic N) is 1.